The summed E-state index contributed by atoms with van der Waals surface area (Å²) in [4.78, 5) is 8.13. The minimum absolute atomic E-state index is 0.234. The van der Waals surface area contributed by atoms with Gasteiger partial charge in [0, 0.05) is 9.75 Å². The summed E-state index contributed by atoms with van der Waals surface area (Å²) in [6, 6.07) is 14.7. The van der Waals surface area contributed by atoms with Gasteiger partial charge in [-0.1, -0.05) is 30.3 Å². The lowest BCUT2D eigenvalue weighted by atomic mass is 10.2. The van der Waals surface area contributed by atoms with Crippen molar-refractivity contribution < 1.29 is 4.84 Å². The van der Waals surface area contributed by atoms with E-state index in [9.17, 15) is 0 Å². The van der Waals surface area contributed by atoms with Gasteiger partial charge in [-0.05, 0) is 31.5 Å². The molecule has 0 radical (unpaired) electrons. The zero-order chi connectivity index (χ0) is 12.1. The second-order valence-electron chi connectivity index (χ2n) is 4.06. The van der Waals surface area contributed by atoms with Crippen LogP contribution in [0.4, 0.5) is 0 Å². The Labute approximate surface area is 106 Å². The summed E-state index contributed by atoms with van der Waals surface area (Å²) in [7, 11) is 0. The molecule has 2 rings (SSSR count). The van der Waals surface area contributed by atoms with Gasteiger partial charge in [-0.2, -0.15) is 5.48 Å². The fourth-order valence-corrected chi connectivity index (χ4v) is 2.44. The molecule has 0 fully saturated rings. The van der Waals surface area contributed by atoms with Crippen molar-refractivity contribution >= 4 is 11.3 Å². The largest absolute Gasteiger partial charge is 0.296 e. The SMILES string of the molecule is Cc1ccc(C(C)NOCc2ccccc2)s1. The first kappa shape index (κ1) is 12.3. The third-order valence-electron chi connectivity index (χ3n) is 2.53. The third-order valence-corrected chi connectivity index (χ3v) is 3.71. The van der Waals surface area contributed by atoms with Crippen molar-refractivity contribution in [3.63, 3.8) is 0 Å². The van der Waals surface area contributed by atoms with Gasteiger partial charge < -0.3 is 0 Å². The average molecular weight is 247 g/mol. The molecule has 3 heteroatoms. The van der Waals surface area contributed by atoms with Gasteiger partial charge in [-0.15, -0.1) is 11.3 Å². The standard InChI is InChI=1S/C14H17NOS/c1-11-8-9-14(17-11)12(2)15-16-10-13-6-4-3-5-7-13/h3-9,12,15H,10H2,1-2H3. The zero-order valence-corrected chi connectivity index (χ0v) is 11.0. The van der Waals surface area contributed by atoms with Crippen molar-refractivity contribution in [3.05, 3.63) is 57.8 Å². The maximum Gasteiger partial charge on any atom is 0.0933 e. The van der Waals surface area contributed by atoms with E-state index in [1.165, 1.54) is 15.3 Å². The van der Waals surface area contributed by atoms with Crippen LogP contribution in [-0.2, 0) is 11.4 Å². The highest BCUT2D eigenvalue weighted by molar-refractivity contribution is 7.12. The maximum absolute atomic E-state index is 5.50. The third kappa shape index (κ3) is 3.66. The fourth-order valence-electron chi connectivity index (χ4n) is 1.57. The second-order valence-corrected chi connectivity index (χ2v) is 5.38. The average Bonchev–Trinajstić information content (AvgIpc) is 2.77. The first-order valence-corrected chi connectivity index (χ1v) is 6.55. The van der Waals surface area contributed by atoms with Gasteiger partial charge in [0.2, 0.25) is 0 Å². The molecule has 0 amide bonds. The van der Waals surface area contributed by atoms with Crippen LogP contribution in [0.2, 0.25) is 0 Å². The number of hydrogen-bond acceptors (Lipinski definition) is 3. The van der Waals surface area contributed by atoms with Gasteiger partial charge in [0.25, 0.3) is 0 Å². The van der Waals surface area contributed by atoms with E-state index < -0.39 is 0 Å². The molecule has 0 aliphatic rings. The highest BCUT2D eigenvalue weighted by Crippen LogP contribution is 2.22. The minimum Gasteiger partial charge on any atom is -0.296 e. The Balaban J connectivity index is 1.79. The molecule has 2 nitrogen and oxygen atoms in total. The zero-order valence-electron chi connectivity index (χ0n) is 10.1. The summed E-state index contributed by atoms with van der Waals surface area (Å²) in [5.41, 5.74) is 4.25. The van der Waals surface area contributed by atoms with Gasteiger partial charge in [0.15, 0.2) is 0 Å². The Bertz CT molecular complexity index is 452. The van der Waals surface area contributed by atoms with Crippen molar-refractivity contribution in [1.29, 1.82) is 0 Å². The molecular weight excluding hydrogens is 230 g/mol. The predicted octanol–water partition coefficient (Wildman–Crippen LogP) is 3.84. The summed E-state index contributed by atoms with van der Waals surface area (Å²) < 4.78 is 0. The molecule has 0 saturated heterocycles. The Morgan fingerprint density at radius 2 is 1.94 bits per heavy atom. The summed E-state index contributed by atoms with van der Waals surface area (Å²) in [6.07, 6.45) is 0. The van der Waals surface area contributed by atoms with E-state index >= 15 is 0 Å². The molecule has 1 atom stereocenters. The number of benzene rings is 1. The minimum atomic E-state index is 0.234. The van der Waals surface area contributed by atoms with Gasteiger partial charge in [-0.3, -0.25) is 4.84 Å². The second kappa shape index (κ2) is 5.96. The Morgan fingerprint density at radius 1 is 1.18 bits per heavy atom. The van der Waals surface area contributed by atoms with Crippen molar-refractivity contribution in [3.8, 4) is 0 Å². The number of aryl methyl sites for hydroxylation is 1. The first-order valence-electron chi connectivity index (χ1n) is 5.73. The molecule has 1 aromatic heterocycles. The van der Waals surface area contributed by atoms with Gasteiger partial charge >= 0.3 is 0 Å². The maximum atomic E-state index is 5.50. The van der Waals surface area contributed by atoms with Crippen LogP contribution >= 0.6 is 11.3 Å². The highest BCUT2D eigenvalue weighted by atomic mass is 32.1. The topological polar surface area (TPSA) is 21.3 Å². The van der Waals surface area contributed by atoms with Crippen molar-refractivity contribution in [2.24, 2.45) is 0 Å². The quantitative estimate of drug-likeness (QED) is 0.811. The molecule has 0 bridgehead atoms. The van der Waals surface area contributed by atoms with Crippen LogP contribution in [0.25, 0.3) is 0 Å². The lowest BCUT2D eigenvalue weighted by Gasteiger charge is -2.12. The van der Waals surface area contributed by atoms with Crippen molar-refractivity contribution in [2.45, 2.75) is 26.5 Å². The Kier molecular flexibility index (Phi) is 4.31. The van der Waals surface area contributed by atoms with Gasteiger partial charge in [0.05, 0.1) is 12.6 Å². The van der Waals surface area contributed by atoms with E-state index in [2.05, 4.69) is 43.6 Å². The molecule has 90 valence electrons. The monoisotopic (exact) mass is 247 g/mol. The molecule has 0 aliphatic heterocycles. The summed E-state index contributed by atoms with van der Waals surface area (Å²) in [6.45, 7) is 4.82. The molecule has 1 N–H and O–H groups in total. The highest BCUT2D eigenvalue weighted by Gasteiger charge is 2.06. The molecule has 1 unspecified atom stereocenters. The number of hydrogen-bond donors (Lipinski definition) is 1. The normalized spacial score (nSPS) is 12.6. The Hall–Kier alpha value is -1.16. The smallest absolute Gasteiger partial charge is 0.0933 e. The number of thiophene rings is 1. The van der Waals surface area contributed by atoms with Crippen LogP contribution in [-0.4, -0.2) is 0 Å². The van der Waals surface area contributed by atoms with Crippen molar-refractivity contribution in [2.75, 3.05) is 0 Å². The number of nitrogens with one attached hydrogen (secondary N) is 1. The summed E-state index contributed by atoms with van der Waals surface area (Å²) in [5, 5.41) is 0. The van der Waals surface area contributed by atoms with Crippen LogP contribution < -0.4 is 5.48 Å². The molecular formula is C14H17NOS. The Morgan fingerprint density at radius 3 is 2.59 bits per heavy atom. The van der Waals surface area contributed by atoms with Crippen LogP contribution in [0.3, 0.4) is 0 Å². The molecule has 1 heterocycles. The van der Waals surface area contributed by atoms with Crippen molar-refractivity contribution in [1.82, 2.24) is 5.48 Å². The van der Waals surface area contributed by atoms with Crippen LogP contribution in [0.15, 0.2) is 42.5 Å². The molecule has 0 aliphatic carbocycles. The van der Waals surface area contributed by atoms with Crippen LogP contribution in [0.1, 0.15) is 28.3 Å². The lowest BCUT2D eigenvalue weighted by molar-refractivity contribution is 0.00771. The number of rotatable bonds is 5. The number of hydroxylamine groups is 1. The first-order chi connectivity index (χ1) is 8.25. The van der Waals surface area contributed by atoms with E-state index in [1.807, 2.05) is 18.2 Å². The molecule has 0 saturated carbocycles. The van der Waals surface area contributed by atoms with E-state index in [0.717, 1.165) is 0 Å². The fraction of sp³-hybridized carbons (Fsp3) is 0.286. The molecule has 0 spiro atoms. The molecule has 17 heavy (non-hydrogen) atoms. The van der Waals surface area contributed by atoms with E-state index in [0.29, 0.717) is 6.61 Å². The van der Waals surface area contributed by atoms with Crippen LogP contribution in [0, 0.1) is 6.92 Å². The lowest BCUT2D eigenvalue weighted by Crippen LogP contribution is -2.18. The predicted molar refractivity (Wildman–Crippen MR) is 71.8 cm³/mol. The molecule has 2 aromatic rings. The van der Waals surface area contributed by atoms with Gasteiger partial charge in [0.1, 0.15) is 0 Å². The van der Waals surface area contributed by atoms with Crippen LogP contribution in [0.5, 0.6) is 0 Å². The van der Waals surface area contributed by atoms with E-state index in [4.69, 9.17) is 4.84 Å². The van der Waals surface area contributed by atoms with E-state index in [-0.39, 0.29) is 6.04 Å². The summed E-state index contributed by atoms with van der Waals surface area (Å²) >= 11 is 1.80. The summed E-state index contributed by atoms with van der Waals surface area (Å²) in [5.74, 6) is 0. The van der Waals surface area contributed by atoms with Gasteiger partial charge in [-0.25, -0.2) is 0 Å². The van der Waals surface area contributed by atoms with E-state index in [1.54, 1.807) is 11.3 Å². The molecule has 1 aromatic carbocycles.